The Morgan fingerprint density at radius 2 is 2.00 bits per heavy atom. The number of hydrogen-bond donors (Lipinski definition) is 0. The van der Waals surface area contributed by atoms with Gasteiger partial charge in [0.15, 0.2) is 0 Å². The van der Waals surface area contributed by atoms with E-state index in [0.717, 1.165) is 31.1 Å². The number of fused-ring (bicyclic) bond motifs is 1. The number of rotatable bonds is 4. The van der Waals surface area contributed by atoms with Gasteiger partial charge < -0.3 is 4.84 Å². The summed E-state index contributed by atoms with van der Waals surface area (Å²) < 4.78 is 0. The lowest BCUT2D eigenvalue weighted by molar-refractivity contribution is 0.141. The number of oxime groups is 1. The number of unbranched alkanes of at least 4 members (excludes halogenated alkanes) is 1. The average molecular weight is 218 g/mol. The van der Waals surface area contributed by atoms with Crippen molar-refractivity contribution in [2.24, 2.45) is 17.0 Å². The first kappa shape index (κ1) is 11.2. The largest absolute Gasteiger partial charge is 0.396 e. The molecule has 0 aliphatic heterocycles. The van der Waals surface area contributed by atoms with Crippen LogP contribution in [0.15, 0.2) is 17.3 Å². The molecule has 1 saturated carbocycles. The SMILES string of the molecule is N#CCCCON=C1C[C@H]2CC=CC[C@H]2C1. The molecule has 2 atom stereocenters. The molecular weight excluding hydrogens is 200 g/mol. The predicted octanol–water partition coefficient (Wildman–Crippen LogP) is 3.04. The van der Waals surface area contributed by atoms with Crippen molar-refractivity contribution in [2.45, 2.75) is 38.5 Å². The Morgan fingerprint density at radius 3 is 2.62 bits per heavy atom. The molecule has 2 rings (SSSR count). The van der Waals surface area contributed by atoms with E-state index in [9.17, 15) is 0 Å². The highest BCUT2D eigenvalue weighted by Crippen LogP contribution is 2.38. The first-order valence-corrected chi connectivity index (χ1v) is 6.10. The quantitative estimate of drug-likeness (QED) is 0.413. The van der Waals surface area contributed by atoms with Gasteiger partial charge in [0.1, 0.15) is 6.61 Å². The van der Waals surface area contributed by atoms with Crippen molar-refractivity contribution in [1.82, 2.24) is 0 Å². The lowest BCUT2D eigenvalue weighted by Gasteiger charge is -2.18. The van der Waals surface area contributed by atoms with E-state index >= 15 is 0 Å². The van der Waals surface area contributed by atoms with E-state index in [0.29, 0.717) is 13.0 Å². The number of allylic oxidation sites excluding steroid dienone is 2. The van der Waals surface area contributed by atoms with Crippen molar-refractivity contribution >= 4 is 5.71 Å². The summed E-state index contributed by atoms with van der Waals surface area (Å²) in [6.07, 6.45) is 10.5. The lowest BCUT2D eigenvalue weighted by atomic mass is 9.86. The number of nitrogens with zero attached hydrogens (tertiary/aromatic N) is 2. The second kappa shape index (κ2) is 5.69. The van der Waals surface area contributed by atoms with Crippen LogP contribution in [-0.4, -0.2) is 12.3 Å². The van der Waals surface area contributed by atoms with E-state index < -0.39 is 0 Å². The summed E-state index contributed by atoms with van der Waals surface area (Å²) in [6.45, 7) is 0.574. The summed E-state index contributed by atoms with van der Waals surface area (Å²) in [4.78, 5) is 5.24. The minimum absolute atomic E-state index is 0.556. The van der Waals surface area contributed by atoms with E-state index in [1.165, 1.54) is 18.6 Å². The fourth-order valence-electron chi connectivity index (χ4n) is 2.54. The third kappa shape index (κ3) is 2.85. The average Bonchev–Trinajstić information content (AvgIpc) is 2.71. The predicted molar refractivity (Wildman–Crippen MR) is 62.8 cm³/mol. The van der Waals surface area contributed by atoms with Crippen LogP contribution in [-0.2, 0) is 4.84 Å². The first-order valence-electron chi connectivity index (χ1n) is 6.10. The molecule has 3 nitrogen and oxygen atoms in total. The highest BCUT2D eigenvalue weighted by molar-refractivity contribution is 5.86. The molecule has 2 aliphatic rings. The maximum absolute atomic E-state index is 8.37. The normalized spacial score (nSPS) is 30.1. The molecule has 0 heterocycles. The molecule has 0 aromatic carbocycles. The minimum Gasteiger partial charge on any atom is -0.396 e. The summed E-state index contributed by atoms with van der Waals surface area (Å²) in [5.74, 6) is 1.60. The second-order valence-corrected chi connectivity index (χ2v) is 4.62. The Kier molecular flexibility index (Phi) is 3.98. The van der Waals surface area contributed by atoms with Crippen LogP contribution in [0.5, 0.6) is 0 Å². The summed E-state index contributed by atoms with van der Waals surface area (Å²) in [5.41, 5.74) is 1.22. The maximum atomic E-state index is 8.37. The summed E-state index contributed by atoms with van der Waals surface area (Å²) in [7, 11) is 0. The van der Waals surface area contributed by atoms with E-state index in [2.05, 4.69) is 23.4 Å². The molecule has 0 bridgehead atoms. The van der Waals surface area contributed by atoms with Crippen LogP contribution in [0.2, 0.25) is 0 Å². The molecule has 0 amide bonds. The summed E-state index contributed by atoms with van der Waals surface area (Å²) in [5, 5.41) is 12.6. The van der Waals surface area contributed by atoms with E-state index in [1.807, 2.05) is 0 Å². The Morgan fingerprint density at radius 1 is 1.31 bits per heavy atom. The maximum Gasteiger partial charge on any atom is 0.118 e. The van der Waals surface area contributed by atoms with Gasteiger partial charge in [0.2, 0.25) is 0 Å². The molecule has 3 heteroatoms. The fourth-order valence-corrected chi connectivity index (χ4v) is 2.54. The molecule has 0 aromatic heterocycles. The number of nitriles is 1. The van der Waals surface area contributed by atoms with Gasteiger partial charge in [0.05, 0.1) is 11.8 Å². The van der Waals surface area contributed by atoms with Crippen LogP contribution >= 0.6 is 0 Å². The molecule has 0 radical (unpaired) electrons. The van der Waals surface area contributed by atoms with Crippen molar-refractivity contribution in [3.63, 3.8) is 0 Å². The molecule has 0 unspecified atom stereocenters. The van der Waals surface area contributed by atoms with Crippen LogP contribution in [0, 0.1) is 23.2 Å². The highest BCUT2D eigenvalue weighted by Gasteiger charge is 2.31. The van der Waals surface area contributed by atoms with Crippen molar-refractivity contribution in [2.75, 3.05) is 6.61 Å². The summed E-state index contributed by atoms with van der Waals surface area (Å²) in [6, 6.07) is 2.10. The molecule has 0 aromatic rings. The van der Waals surface area contributed by atoms with Gasteiger partial charge in [0, 0.05) is 6.42 Å². The molecule has 1 fully saturated rings. The lowest BCUT2D eigenvalue weighted by Crippen LogP contribution is -2.08. The highest BCUT2D eigenvalue weighted by atomic mass is 16.6. The Hall–Kier alpha value is -1.30. The van der Waals surface area contributed by atoms with Crippen molar-refractivity contribution in [1.29, 1.82) is 5.26 Å². The minimum atomic E-state index is 0.556. The third-order valence-electron chi connectivity index (χ3n) is 3.42. The van der Waals surface area contributed by atoms with Gasteiger partial charge >= 0.3 is 0 Å². The number of hydrogen-bond acceptors (Lipinski definition) is 3. The zero-order chi connectivity index (χ0) is 11.2. The third-order valence-corrected chi connectivity index (χ3v) is 3.42. The van der Waals surface area contributed by atoms with Crippen LogP contribution in [0.3, 0.4) is 0 Å². The molecule has 2 aliphatic carbocycles. The van der Waals surface area contributed by atoms with Crippen molar-refractivity contribution in [3.05, 3.63) is 12.2 Å². The Labute approximate surface area is 96.8 Å². The molecule has 16 heavy (non-hydrogen) atoms. The fraction of sp³-hybridized carbons (Fsp3) is 0.692. The van der Waals surface area contributed by atoms with Gasteiger partial charge in [-0.05, 0) is 43.9 Å². The molecule has 0 saturated heterocycles. The van der Waals surface area contributed by atoms with Gasteiger partial charge in [0.25, 0.3) is 0 Å². The van der Waals surface area contributed by atoms with Gasteiger partial charge in [-0.15, -0.1) is 0 Å². The Balaban J connectivity index is 1.72. The molecule has 86 valence electrons. The van der Waals surface area contributed by atoms with Crippen molar-refractivity contribution in [3.8, 4) is 6.07 Å². The summed E-state index contributed by atoms with van der Waals surface area (Å²) >= 11 is 0. The van der Waals surface area contributed by atoms with Crippen LogP contribution < -0.4 is 0 Å². The van der Waals surface area contributed by atoms with Crippen LogP contribution in [0.25, 0.3) is 0 Å². The van der Waals surface area contributed by atoms with Gasteiger partial charge in [-0.25, -0.2) is 0 Å². The van der Waals surface area contributed by atoms with Crippen LogP contribution in [0.1, 0.15) is 38.5 Å². The van der Waals surface area contributed by atoms with Gasteiger partial charge in [-0.2, -0.15) is 5.26 Å². The van der Waals surface area contributed by atoms with Gasteiger partial charge in [-0.1, -0.05) is 17.3 Å². The zero-order valence-electron chi connectivity index (χ0n) is 9.56. The van der Waals surface area contributed by atoms with Crippen molar-refractivity contribution < 1.29 is 4.84 Å². The topological polar surface area (TPSA) is 45.4 Å². The van der Waals surface area contributed by atoms with E-state index in [4.69, 9.17) is 10.1 Å². The Bertz CT molecular complexity index is 309. The molecular formula is C13H18N2O. The zero-order valence-corrected chi connectivity index (χ0v) is 9.56. The monoisotopic (exact) mass is 218 g/mol. The molecule has 0 spiro atoms. The van der Waals surface area contributed by atoms with Gasteiger partial charge in [-0.3, -0.25) is 0 Å². The van der Waals surface area contributed by atoms with E-state index in [1.54, 1.807) is 0 Å². The second-order valence-electron chi connectivity index (χ2n) is 4.62. The van der Waals surface area contributed by atoms with Crippen LogP contribution in [0.4, 0.5) is 0 Å². The van der Waals surface area contributed by atoms with E-state index in [-0.39, 0.29) is 0 Å². The first-order chi connectivity index (χ1) is 7.90. The standard InChI is InChI=1S/C13H18N2O/c14-7-3-4-8-16-15-13-9-11-5-1-2-6-12(11)10-13/h1-2,11-12H,3-6,8-10H2/t11-,12+. The smallest absolute Gasteiger partial charge is 0.118 e. The molecule has 0 N–H and O–H groups in total.